The minimum atomic E-state index is -0.0741. The van der Waals surface area contributed by atoms with Crippen LogP contribution in [-0.4, -0.2) is 48.3 Å². The number of halogens is 1. The average molecular weight is 314 g/mol. The topological polar surface area (TPSA) is 58.4 Å². The van der Waals surface area contributed by atoms with Crippen molar-refractivity contribution in [2.45, 2.75) is 20.4 Å². The predicted octanol–water partition coefficient (Wildman–Crippen LogP) is -3.28. The number of aromatic nitrogens is 3. The molecule has 0 aliphatic carbocycles. The number of nitrogens with zero attached hydrogens (tertiary/aromatic N) is 3. The first-order chi connectivity index (χ1) is 9.56. The maximum Gasteiger partial charge on any atom is 0.327 e. The molecule has 2 aromatic rings. The van der Waals surface area contributed by atoms with Gasteiger partial charge in [-0.25, -0.2) is 9.78 Å². The molecule has 0 fully saturated rings. The monoisotopic (exact) mass is 313 g/mol. The van der Waals surface area contributed by atoms with Crippen molar-refractivity contribution in [3.05, 3.63) is 22.6 Å². The maximum absolute atomic E-state index is 12.1. The van der Waals surface area contributed by atoms with Crippen LogP contribution in [0.3, 0.4) is 0 Å². The quantitative estimate of drug-likeness (QED) is 0.588. The lowest BCUT2D eigenvalue weighted by atomic mass is 10.4. The van der Waals surface area contributed by atoms with Gasteiger partial charge in [-0.3, -0.25) is 4.57 Å². The molecule has 7 heteroatoms. The van der Waals surface area contributed by atoms with E-state index in [1.54, 1.807) is 4.57 Å². The number of nitrogens with one attached hydrogen (secondary N) is 2. The lowest BCUT2D eigenvalue weighted by Gasteiger charge is -2.15. The third kappa shape index (κ3) is 3.77. The Labute approximate surface area is 131 Å². The summed E-state index contributed by atoms with van der Waals surface area (Å²) in [6.07, 6.45) is 0. The van der Waals surface area contributed by atoms with E-state index in [9.17, 15) is 4.79 Å². The SMILES string of the molecule is CC[NH+](CC)CCn1c(=O)[nH]c2ccc(N(C)C)nc21.[Cl-]. The van der Waals surface area contributed by atoms with Gasteiger partial charge in [-0.15, -0.1) is 0 Å². The number of hydrogen-bond donors (Lipinski definition) is 2. The highest BCUT2D eigenvalue weighted by atomic mass is 35.5. The van der Waals surface area contributed by atoms with E-state index in [2.05, 4.69) is 23.8 Å². The van der Waals surface area contributed by atoms with E-state index in [0.717, 1.165) is 36.6 Å². The molecule has 0 spiro atoms. The molecule has 0 aliphatic rings. The van der Waals surface area contributed by atoms with Crippen molar-refractivity contribution in [3.63, 3.8) is 0 Å². The summed E-state index contributed by atoms with van der Waals surface area (Å²) in [7, 11) is 3.90. The summed E-state index contributed by atoms with van der Waals surface area (Å²) >= 11 is 0. The van der Waals surface area contributed by atoms with Gasteiger partial charge in [0.2, 0.25) is 0 Å². The molecule has 2 heterocycles. The molecule has 0 amide bonds. The Morgan fingerprint density at radius 1 is 1.29 bits per heavy atom. The molecule has 21 heavy (non-hydrogen) atoms. The van der Waals surface area contributed by atoms with Crippen LogP contribution in [0.4, 0.5) is 5.82 Å². The number of likely N-dealkylation sites (N-methyl/N-ethyl adjacent to an activating group) is 1. The van der Waals surface area contributed by atoms with Crippen molar-refractivity contribution in [2.24, 2.45) is 0 Å². The highest BCUT2D eigenvalue weighted by molar-refractivity contribution is 5.73. The molecule has 0 aromatic carbocycles. The minimum Gasteiger partial charge on any atom is -1.00 e. The third-order valence-electron chi connectivity index (χ3n) is 3.75. The molecular formula is C14H24ClN5O. The molecule has 0 bridgehead atoms. The van der Waals surface area contributed by atoms with Gasteiger partial charge in [0.05, 0.1) is 31.7 Å². The molecular weight excluding hydrogens is 290 g/mol. The summed E-state index contributed by atoms with van der Waals surface area (Å²) < 4.78 is 1.74. The van der Waals surface area contributed by atoms with E-state index in [1.165, 1.54) is 4.90 Å². The number of H-pyrrole nitrogens is 1. The smallest absolute Gasteiger partial charge is 0.327 e. The van der Waals surface area contributed by atoms with Gasteiger partial charge in [0.25, 0.3) is 0 Å². The van der Waals surface area contributed by atoms with Crippen LogP contribution in [-0.2, 0) is 6.54 Å². The van der Waals surface area contributed by atoms with E-state index in [-0.39, 0.29) is 18.1 Å². The lowest BCUT2D eigenvalue weighted by molar-refractivity contribution is -0.897. The van der Waals surface area contributed by atoms with Crippen molar-refractivity contribution in [2.75, 3.05) is 38.6 Å². The highest BCUT2D eigenvalue weighted by Gasteiger charge is 2.11. The summed E-state index contributed by atoms with van der Waals surface area (Å²) in [6, 6.07) is 3.83. The van der Waals surface area contributed by atoms with Crippen LogP contribution in [0.25, 0.3) is 11.2 Å². The largest absolute Gasteiger partial charge is 1.00 e. The molecule has 0 radical (unpaired) electrons. The van der Waals surface area contributed by atoms with Crippen LogP contribution in [0.2, 0.25) is 0 Å². The molecule has 2 aromatic heterocycles. The molecule has 0 aliphatic heterocycles. The van der Waals surface area contributed by atoms with Gasteiger partial charge in [-0.2, -0.15) is 0 Å². The zero-order valence-electron chi connectivity index (χ0n) is 13.1. The molecule has 2 rings (SSSR count). The third-order valence-corrected chi connectivity index (χ3v) is 3.75. The maximum atomic E-state index is 12.1. The molecule has 0 unspecified atom stereocenters. The first-order valence-corrected chi connectivity index (χ1v) is 7.17. The normalized spacial score (nSPS) is 10.9. The summed E-state index contributed by atoms with van der Waals surface area (Å²) in [6.45, 7) is 8.11. The number of hydrogen-bond acceptors (Lipinski definition) is 3. The van der Waals surface area contributed by atoms with E-state index in [4.69, 9.17) is 0 Å². The van der Waals surface area contributed by atoms with Crippen molar-refractivity contribution < 1.29 is 17.3 Å². The van der Waals surface area contributed by atoms with Crippen LogP contribution < -0.4 is 27.9 Å². The van der Waals surface area contributed by atoms with Crippen LogP contribution in [0.5, 0.6) is 0 Å². The highest BCUT2D eigenvalue weighted by Crippen LogP contribution is 2.13. The van der Waals surface area contributed by atoms with Crippen LogP contribution in [0.1, 0.15) is 13.8 Å². The van der Waals surface area contributed by atoms with Crippen LogP contribution in [0.15, 0.2) is 16.9 Å². The standard InChI is InChI=1S/C14H23N5O.ClH/c1-5-18(6-2)9-10-19-13-11(15-14(19)20)7-8-12(16-13)17(3)4;/h7-8H,5-6,9-10H2,1-4H3,(H,15,20);1H. The Bertz CT molecular complexity index is 630. The molecule has 118 valence electrons. The van der Waals surface area contributed by atoms with Gasteiger partial charge in [0.1, 0.15) is 5.82 Å². The molecule has 6 nitrogen and oxygen atoms in total. The van der Waals surface area contributed by atoms with Gasteiger partial charge in [-0.05, 0) is 26.0 Å². The van der Waals surface area contributed by atoms with Gasteiger partial charge in [0, 0.05) is 14.1 Å². The number of anilines is 1. The Morgan fingerprint density at radius 2 is 1.95 bits per heavy atom. The number of fused-ring (bicyclic) bond motifs is 1. The second-order valence-corrected chi connectivity index (χ2v) is 5.22. The Morgan fingerprint density at radius 3 is 2.52 bits per heavy atom. The summed E-state index contributed by atoms with van der Waals surface area (Å²) in [5.74, 6) is 0.862. The molecule has 0 saturated carbocycles. The second-order valence-electron chi connectivity index (χ2n) is 5.22. The van der Waals surface area contributed by atoms with Gasteiger partial charge >= 0.3 is 5.69 Å². The fourth-order valence-electron chi connectivity index (χ4n) is 2.35. The molecule has 0 atom stereocenters. The van der Waals surface area contributed by atoms with E-state index < -0.39 is 0 Å². The molecule has 0 saturated heterocycles. The van der Waals surface area contributed by atoms with E-state index >= 15 is 0 Å². The van der Waals surface area contributed by atoms with E-state index in [1.807, 2.05) is 31.1 Å². The van der Waals surface area contributed by atoms with Crippen molar-refractivity contribution in [1.29, 1.82) is 0 Å². The first kappa shape index (κ1) is 17.5. The van der Waals surface area contributed by atoms with Crippen molar-refractivity contribution in [1.82, 2.24) is 14.5 Å². The Kier molecular flexibility index (Phi) is 6.23. The van der Waals surface area contributed by atoms with Crippen molar-refractivity contribution in [3.8, 4) is 0 Å². The summed E-state index contributed by atoms with van der Waals surface area (Å²) in [4.78, 5) is 22.9. The second kappa shape index (κ2) is 7.47. The number of quaternary nitrogens is 1. The number of aromatic amines is 1. The van der Waals surface area contributed by atoms with Crippen LogP contribution in [0, 0.1) is 0 Å². The van der Waals surface area contributed by atoms with Gasteiger partial charge in [0.15, 0.2) is 5.65 Å². The van der Waals surface area contributed by atoms with E-state index in [0.29, 0.717) is 6.54 Å². The number of rotatable bonds is 6. The minimum absolute atomic E-state index is 0. The Balaban J connectivity index is 0.00000220. The zero-order chi connectivity index (χ0) is 14.7. The number of imidazole rings is 1. The van der Waals surface area contributed by atoms with Crippen molar-refractivity contribution >= 4 is 17.0 Å². The van der Waals surface area contributed by atoms with Gasteiger partial charge < -0.3 is 27.2 Å². The lowest BCUT2D eigenvalue weighted by Crippen LogP contribution is -3.11. The first-order valence-electron chi connectivity index (χ1n) is 7.17. The summed E-state index contributed by atoms with van der Waals surface area (Å²) in [5, 5.41) is 0. The average Bonchev–Trinajstić information content (AvgIpc) is 2.75. The number of pyridine rings is 1. The zero-order valence-corrected chi connectivity index (χ0v) is 13.9. The summed E-state index contributed by atoms with van der Waals surface area (Å²) in [5.41, 5.74) is 1.47. The predicted molar refractivity (Wildman–Crippen MR) is 81.6 cm³/mol. The fraction of sp³-hybridized carbons (Fsp3) is 0.571. The van der Waals surface area contributed by atoms with Gasteiger partial charge in [-0.1, -0.05) is 0 Å². The fourth-order valence-corrected chi connectivity index (χ4v) is 2.35. The van der Waals surface area contributed by atoms with Crippen LogP contribution >= 0.6 is 0 Å². The Hall–Kier alpha value is -1.53. The molecule has 2 N–H and O–H groups in total.